The molecule has 1 unspecified atom stereocenters. The monoisotopic (exact) mass is 459 g/mol. The van der Waals surface area contributed by atoms with Crippen LogP contribution < -0.4 is 4.74 Å². The quantitative estimate of drug-likeness (QED) is 0.455. The molecule has 34 heavy (non-hydrogen) atoms. The van der Waals surface area contributed by atoms with E-state index in [9.17, 15) is 5.11 Å². The number of ether oxygens (including phenoxy) is 2. The molecule has 0 radical (unpaired) electrons. The second kappa shape index (κ2) is 9.52. The molecule has 0 spiro atoms. The summed E-state index contributed by atoms with van der Waals surface area (Å²) < 4.78 is 12.2. The van der Waals surface area contributed by atoms with Gasteiger partial charge in [0.05, 0.1) is 24.5 Å². The number of aromatic nitrogens is 1. The smallest absolute Gasteiger partial charge is 0.122 e. The molecular weight excluding hydrogens is 422 g/mol. The van der Waals surface area contributed by atoms with E-state index in [4.69, 9.17) is 14.5 Å². The third-order valence-electron chi connectivity index (χ3n) is 6.63. The van der Waals surface area contributed by atoms with Gasteiger partial charge in [-0.15, -0.1) is 0 Å². The number of hydrogen-bond donors (Lipinski definition) is 1. The molecule has 0 saturated carbocycles. The number of pyridine rings is 1. The van der Waals surface area contributed by atoms with Gasteiger partial charge in [0.2, 0.25) is 0 Å². The fourth-order valence-corrected chi connectivity index (χ4v) is 4.88. The predicted octanol–water partition coefficient (Wildman–Crippen LogP) is 6.82. The Morgan fingerprint density at radius 3 is 2.41 bits per heavy atom. The highest BCUT2D eigenvalue weighted by atomic mass is 16.5. The molecule has 0 aliphatic carbocycles. The number of fused-ring (bicyclic) bond motifs is 1. The minimum Gasteiger partial charge on any atom is -0.493 e. The summed E-state index contributed by atoms with van der Waals surface area (Å²) in [7, 11) is 0. The van der Waals surface area contributed by atoms with Crippen LogP contribution in [0, 0.1) is 27.7 Å². The molecule has 4 nitrogen and oxygen atoms in total. The maximum absolute atomic E-state index is 10.4. The van der Waals surface area contributed by atoms with Crippen molar-refractivity contribution in [3.05, 3.63) is 69.9 Å². The molecule has 2 aromatic carbocycles. The van der Waals surface area contributed by atoms with E-state index in [0.717, 1.165) is 64.4 Å². The fourth-order valence-electron chi connectivity index (χ4n) is 4.88. The average molecular weight is 460 g/mol. The topological polar surface area (TPSA) is 51.6 Å². The van der Waals surface area contributed by atoms with Crippen LogP contribution in [0.3, 0.4) is 0 Å². The van der Waals surface area contributed by atoms with E-state index in [-0.39, 0.29) is 6.61 Å². The van der Waals surface area contributed by atoms with Crippen molar-refractivity contribution >= 4 is 0 Å². The predicted molar refractivity (Wildman–Crippen MR) is 139 cm³/mol. The van der Waals surface area contributed by atoms with Crippen molar-refractivity contribution < 1.29 is 14.6 Å². The molecule has 1 aliphatic rings. The molecular formula is C30H37NO3. The van der Waals surface area contributed by atoms with Crippen LogP contribution in [0.1, 0.15) is 66.8 Å². The van der Waals surface area contributed by atoms with Crippen molar-refractivity contribution in [2.45, 2.75) is 73.0 Å². The standard InChI is InChI=1S/C30H37NO3/c1-18-10-11-24(15-19(18)2)29-20(3)27(23-12-13-25-22(16-23)9-8-14-33-25)28(21(4)31-29)26(17-32)34-30(5,6)7/h10-13,15-16,26,32H,8-9,14,17H2,1-7H3. The Hall–Kier alpha value is -2.69. The molecule has 1 atom stereocenters. The van der Waals surface area contributed by atoms with Crippen LogP contribution in [0.4, 0.5) is 0 Å². The van der Waals surface area contributed by atoms with E-state index in [1.54, 1.807) is 0 Å². The molecule has 1 aromatic heterocycles. The van der Waals surface area contributed by atoms with Gasteiger partial charge in [-0.2, -0.15) is 0 Å². The summed E-state index contributed by atoms with van der Waals surface area (Å²) in [6.45, 7) is 15.1. The van der Waals surface area contributed by atoms with Gasteiger partial charge in [-0.25, -0.2) is 0 Å². The first-order chi connectivity index (χ1) is 16.1. The van der Waals surface area contributed by atoms with E-state index in [1.807, 2.05) is 27.7 Å². The van der Waals surface area contributed by atoms with Gasteiger partial charge in [-0.05, 0) is 113 Å². The maximum Gasteiger partial charge on any atom is 0.122 e. The lowest BCUT2D eigenvalue weighted by Crippen LogP contribution is -2.26. The summed E-state index contributed by atoms with van der Waals surface area (Å²) >= 11 is 0. The van der Waals surface area contributed by atoms with Gasteiger partial charge in [0.1, 0.15) is 11.9 Å². The second-order valence-electron chi connectivity index (χ2n) is 10.4. The Morgan fingerprint density at radius 1 is 1.00 bits per heavy atom. The molecule has 180 valence electrons. The molecule has 2 heterocycles. The van der Waals surface area contributed by atoms with Crippen molar-refractivity contribution in [2.24, 2.45) is 0 Å². The van der Waals surface area contributed by atoms with Gasteiger partial charge in [-0.3, -0.25) is 4.98 Å². The lowest BCUT2D eigenvalue weighted by Gasteiger charge is -2.30. The van der Waals surface area contributed by atoms with Crippen LogP contribution in [0.25, 0.3) is 22.4 Å². The number of aryl methyl sites for hydroxylation is 4. The summed E-state index contributed by atoms with van der Waals surface area (Å²) in [4.78, 5) is 5.07. The Kier molecular flexibility index (Phi) is 6.84. The van der Waals surface area contributed by atoms with Crippen molar-refractivity contribution in [2.75, 3.05) is 13.2 Å². The van der Waals surface area contributed by atoms with Gasteiger partial charge in [-0.1, -0.05) is 18.2 Å². The number of benzene rings is 2. The van der Waals surface area contributed by atoms with Gasteiger partial charge < -0.3 is 14.6 Å². The Balaban J connectivity index is 1.98. The molecule has 1 aliphatic heterocycles. The maximum atomic E-state index is 10.4. The Morgan fingerprint density at radius 2 is 1.74 bits per heavy atom. The van der Waals surface area contributed by atoms with E-state index < -0.39 is 11.7 Å². The minimum atomic E-state index is -0.470. The summed E-state index contributed by atoms with van der Waals surface area (Å²) in [5.74, 6) is 0.971. The third-order valence-corrected chi connectivity index (χ3v) is 6.63. The first-order valence-electron chi connectivity index (χ1n) is 12.2. The van der Waals surface area contributed by atoms with Crippen molar-refractivity contribution in [1.29, 1.82) is 0 Å². The normalized spacial score (nSPS) is 14.5. The fraction of sp³-hybridized carbons (Fsp3) is 0.433. The van der Waals surface area contributed by atoms with Crippen LogP contribution >= 0.6 is 0 Å². The van der Waals surface area contributed by atoms with Gasteiger partial charge in [0, 0.05) is 16.8 Å². The van der Waals surface area contributed by atoms with Crippen LogP contribution in [-0.4, -0.2) is 28.9 Å². The second-order valence-corrected chi connectivity index (χ2v) is 10.4. The molecule has 4 heteroatoms. The van der Waals surface area contributed by atoms with Crippen LogP contribution in [0.5, 0.6) is 5.75 Å². The first-order valence-corrected chi connectivity index (χ1v) is 12.2. The number of hydrogen-bond acceptors (Lipinski definition) is 4. The number of aliphatic hydroxyl groups is 1. The molecule has 0 amide bonds. The van der Waals surface area contributed by atoms with Crippen LogP contribution in [0.15, 0.2) is 36.4 Å². The zero-order valence-electron chi connectivity index (χ0n) is 21.6. The van der Waals surface area contributed by atoms with Crippen molar-refractivity contribution in [3.8, 4) is 28.1 Å². The highest BCUT2D eigenvalue weighted by molar-refractivity contribution is 5.80. The van der Waals surface area contributed by atoms with E-state index in [0.29, 0.717) is 0 Å². The highest BCUT2D eigenvalue weighted by Crippen LogP contribution is 2.41. The highest BCUT2D eigenvalue weighted by Gasteiger charge is 2.28. The molecule has 1 N–H and O–H groups in total. The van der Waals surface area contributed by atoms with Crippen LogP contribution in [-0.2, 0) is 11.2 Å². The molecule has 3 aromatic rings. The summed E-state index contributed by atoms with van der Waals surface area (Å²) in [6.07, 6.45) is 1.56. The molecule has 0 bridgehead atoms. The lowest BCUT2D eigenvalue weighted by molar-refractivity contribution is -0.0823. The molecule has 0 fully saturated rings. The zero-order chi connectivity index (χ0) is 24.6. The van der Waals surface area contributed by atoms with E-state index in [2.05, 4.69) is 57.2 Å². The van der Waals surface area contributed by atoms with Crippen LogP contribution in [0.2, 0.25) is 0 Å². The largest absolute Gasteiger partial charge is 0.493 e. The lowest BCUT2D eigenvalue weighted by atomic mass is 9.87. The van der Waals surface area contributed by atoms with Gasteiger partial charge in [0.15, 0.2) is 0 Å². The van der Waals surface area contributed by atoms with Gasteiger partial charge >= 0.3 is 0 Å². The number of aliphatic hydroxyl groups excluding tert-OH is 1. The van der Waals surface area contributed by atoms with Gasteiger partial charge in [0.25, 0.3) is 0 Å². The minimum absolute atomic E-state index is 0.108. The number of nitrogens with zero attached hydrogens (tertiary/aromatic N) is 1. The Labute approximate surface area is 204 Å². The summed E-state index contributed by atoms with van der Waals surface area (Å²) in [6, 6.07) is 13.0. The van der Waals surface area contributed by atoms with Crippen molar-refractivity contribution in [3.63, 3.8) is 0 Å². The Bertz CT molecular complexity index is 1210. The zero-order valence-corrected chi connectivity index (χ0v) is 21.6. The number of rotatable bonds is 5. The van der Waals surface area contributed by atoms with E-state index in [1.165, 1.54) is 16.7 Å². The molecule has 4 rings (SSSR count). The average Bonchev–Trinajstić information content (AvgIpc) is 2.79. The first kappa shape index (κ1) is 24.4. The van der Waals surface area contributed by atoms with E-state index >= 15 is 0 Å². The SMILES string of the molecule is Cc1ccc(-c2nc(C)c(C(CO)OC(C)(C)C)c(-c3ccc4c(c3)CCCO4)c2C)cc1C. The van der Waals surface area contributed by atoms with Crippen molar-refractivity contribution in [1.82, 2.24) is 4.98 Å². The summed E-state index contributed by atoms with van der Waals surface area (Å²) in [5, 5.41) is 10.4. The molecule has 0 saturated heterocycles. The third kappa shape index (κ3) is 4.89. The summed E-state index contributed by atoms with van der Waals surface area (Å²) in [5.41, 5.74) is 10.6.